The van der Waals surface area contributed by atoms with E-state index in [0.717, 1.165) is 18.0 Å². The molecule has 4 nitrogen and oxygen atoms in total. The Hall–Kier alpha value is -1.55. The summed E-state index contributed by atoms with van der Waals surface area (Å²) in [6.07, 6.45) is 0. The quantitative estimate of drug-likeness (QED) is 0.815. The second-order valence-electron chi connectivity index (χ2n) is 4.57. The molecule has 0 atom stereocenters. The summed E-state index contributed by atoms with van der Waals surface area (Å²) in [5, 5.41) is 6.02. The highest BCUT2D eigenvalue weighted by Crippen LogP contribution is 2.18. The third kappa shape index (κ3) is 4.04. The Bertz CT molecular complexity index is 403. The van der Waals surface area contributed by atoms with Crippen molar-refractivity contribution in [2.45, 2.75) is 33.2 Å². The third-order valence-electron chi connectivity index (χ3n) is 2.59. The lowest BCUT2D eigenvalue weighted by Crippen LogP contribution is -2.49. The van der Waals surface area contributed by atoms with Crippen LogP contribution in [0.4, 0.5) is 5.69 Å². The van der Waals surface area contributed by atoms with Crippen LogP contribution in [0.25, 0.3) is 0 Å². The van der Waals surface area contributed by atoms with Gasteiger partial charge in [-0.05, 0) is 39.4 Å². The largest absolute Gasteiger partial charge is 0.494 e. The fraction of sp³-hybridized carbons (Fsp3) is 0.500. The molecule has 1 aromatic rings. The Balaban J connectivity index is 2.72. The fourth-order valence-electron chi connectivity index (χ4n) is 1.64. The van der Waals surface area contributed by atoms with Gasteiger partial charge in [0, 0.05) is 11.8 Å². The number of carbonyl (C=O) groups excluding carboxylic acids is 1. The molecule has 4 heteroatoms. The van der Waals surface area contributed by atoms with E-state index in [1.165, 1.54) is 0 Å². The highest BCUT2D eigenvalue weighted by atomic mass is 16.5. The van der Waals surface area contributed by atoms with Crippen LogP contribution >= 0.6 is 0 Å². The second kappa shape index (κ2) is 6.40. The highest BCUT2D eigenvalue weighted by Gasteiger charge is 2.26. The molecule has 0 radical (unpaired) electrons. The van der Waals surface area contributed by atoms with E-state index in [2.05, 4.69) is 10.6 Å². The van der Waals surface area contributed by atoms with E-state index in [4.69, 9.17) is 4.74 Å². The van der Waals surface area contributed by atoms with Gasteiger partial charge in [0.1, 0.15) is 5.75 Å². The van der Waals surface area contributed by atoms with Crippen LogP contribution in [0.5, 0.6) is 5.75 Å². The summed E-state index contributed by atoms with van der Waals surface area (Å²) in [6, 6.07) is 7.40. The van der Waals surface area contributed by atoms with Gasteiger partial charge in [-0.3, -0.25) is 4.79 Å². The molecule has 0 aliphatic rings. The highest BCUT2D eigenvalue weighted by molar-refractivity contribution is 5.97. The van der Waals surface area contributed by atoms with Crippen molar-refractivity contribution in [3.8, 4) is 5.75 Å². The number of rotatable bonds is 6. The van der Waals surface area contributed by atoms with E-state index in [1.807, 2.05) is 52.0 Å². The lowest BCUT2D eigenvalue weighted by atomic mass is 10.0. The van der Waals surface area contributed by atoms with Crippen LogP contribution in [0.1, 0.15) is 27.7 Å². The number of hydrogen-bond donors (Lipinski definition) is 2. The zero-order valence-electron chi connectivity index (χ0n) is 11.5. The third-order valence-corrected chi connectivity index (χ3v) is 2.59. The zero-order valence-corrected chi connectivity index (χ0v) is 11.5. The molecule has 0 unspecified atom stereocenters. The van der Waals surface area contributed by atoms with Crippen LogP contribution in [0.3, 0.4) is 0 Å². The van der Waals surface area contributed by atoms with E-state index in [0.29, 0.717) is 6.61 Å². The van der Waals surface area contributed by atoms with Crippen molar-refractivity contribution in [1.82, 2.24) is 5.32 Å². The molecular formula is C14H22N2O2. The molecule has 1 aromatic carbocycles. The number of hydrogen-bond acceptors (Lipinski definition) is 3. The predicted octanol–water partition coefficient (Wildman–Crippen LogP) is 2.41. The maximum atomic E-state index is 12.1. The van der Waals surface area contributed by atoms with Crippen LogP contribution in [-0.2, 0) is 4.79 Å². The van der Waals surface area contributed by atoms with Crippen molar-refractivity contribution >= 4 is 11.6 Å². The first-order valence-electron chi connectivity index (χ1n) is 6.29. The van der Waals surface area contributed by atoms with Gasteiger partial charge in [-0.1, -0.05) is 13.0 Å². The lowest BCUT2D eigenvalue weighted by molar-refractivity contribution is -0.121. The minimum Gasteiger partial charge on any atom is -0.494 e. The summed E-state index contributed by atoms with van der Waals surface area (Å²) < 4.78 is 5.39. The molecule has 0 bridgehead atoms. The van der Waals surface area contributed by atoms with Gasteiger partial charge in [-0.15, -0.1) is 0 Å². The lowest BCUT2D eigenvalue weighted by Gasteiger charge is -2.24. The number of ether oxygens (including phenoxy) is 1. The molecule has 0 aliphatic carbocycles. The number of benzene rings is 1. The topological polar surface area (TPSA) is 50.4 Å². The number of amides is 1. The molecule has 100 valence electrons. The Morgan fingerprint density at radius 3 is 2.67 bits per heavy atom. The molecule has 0 saturated carbocycles. The fourth-order valence-corrected chi connectivity index (χ4v) is 1.64. The Kier molecular flexibility index (Phi) is 5.16. The summed E-state index contributed by atoms with van der Waals surface area (Å²) in [4.78, 5) is 12.1. The molecule has 0 saturated heterocycles. The average molecular weight is 250 g/mol. The Labute approximate surface area is 109 Å². The van der Waals surface area contributed by atoms with Gasteiger partial charge < -0.3 is 15.4 Å². The standard InChI is InChI=1S/C14H22N2O2/c1-5-15-14(3,4)13(17)16-11-8-7-9-12(10-11)18-6-2/h7-10,15H,5-6H2,1-4H3,(H,16,17). The molecule has 1 amide bonds. The van der Waals surface area contributed by atoms with E-state index >= 15 is 0 Å². The van der Waals surface area contributed by atoms with Gasteiger partial charge in [-0.2, -0.15) is 0 Å². The number of carbonyl (C=O) groups is 1. The SMILES string of the molecule is CCNC(C)(C)C(=O)Nc1cccc(OCC)c1. The number of nitrogens with one attached hydrogen (secondary N) is 2. The van der Waals surface area contributed by atoms with Gasteiger partial charge in [0.2, 0.25) is 5.91 Å². The van der Waals surface area contributed by atoms with Crippen LogP contribution < -0.4 is 15.4 Å². The Morgan fingerprint density at radius 1 is 1.33 bits per heavy atom. The molecule has 0 aliphatic heterocycles. The van der Waals surface area contributed by atoms with E-state index in [-0.39, 0.29) is 5.91 Å². The first-order valence-corrected chi connectivity index (χ1v) is 6.29. The van der Waals surface area contributed by atoms with Crippen molar-refractivity contribution in [3.05, 3.63) is 24.3 Å². The predicted molar refractivity (Wildman–Crippen MR) is 74.0 cm³/mol. The smallest absolute Gasteiger partial charge is 0.244 e. The summed E-state index contributed by atoms with van der Waals surface area (Å²) in [7, 11) is 0. The molecule has 0 spiro atoms. The molecule has 0 aromatic heterocycles. The number of anilines is 1. The second-order valence-corrected chi connectivity index (χ2v) is 4.57. The molecule has 2 N–H and O–H groups in total. The molecule has 18 heavy (non-hydrogen) atoms. The summed E-state index contributed by atoms with van der Waals surface area (Å²) in [5.41, 5.74) is 0.160. The zero-order chi connectivity index (χ0) is 13.6. The maximum absolute atomic E-state index is 12.1. The summed E-state index contributed by atoms with van der Waals surface area (Å²) in [5.74, 6) is 0.703. The van der Waals surface area contributed by atoms with Crippen molar-refractivity contribution in [1.29, 1.82) is 0 Å². The van der Waals surface area contributed by atoms with Crippen molar-refractivity contribution in [3.63, 3.8) is 0 Å². The first kappa shape index (κ1) is 14.5. The minimum absolute atomic E-state index is 0.0574. The Morgan fingerprint density at radius 2 is 2.06 bits per heavy atom. The summed E-state index contributed by atoms with van der Waals surface area (Å²) in [6.45, 7) is 8.99. The normalized spacial score (nSPS) is 11.1. The average Bonchev–Trinajstić information content (AvgIpc) is 2.29. The van der Waals surface area contributed by atoms with Crippen LogP contribution in [0.15, 0.2) is 24.3 Å². The number of likely N-dealkylation sites (N-methyl/N-ethyl adjacent to an activating group) is 1. The molecule has 1 rings (SSSR count). The van der Waals surface area contributed by atoms with Gasteiger partial charge in [0.25, 0.3) is 0 Å². The molecule has 0 heterocycles. The van der Waals surface area contributed by atoms with Crippen LogP contribution in [-0.4, -0.2) is 24.6 Å². The van der Waals surface area contributed by atoms with Gasteiger partial charge in [0.05, 0.1) is 12.1 Å². The van der Waals surface area contributed by atoms with Gasteiger partial charge in [0.15, 0.2) is 0 Å². The summed E-state index contributed by atoms with van der Waals surface area (Å²) >= 11 is 0. The first-order chi connectivity index (χ1) is 8.49. The van der Waals surface area contributed by atoms with E-state index < -0.39 is 5.54 Å². The monoisotopic (exact) mass is 250 g/mol. The van der Waals surface area contributed by atoms with Crippen LogP contribution in [0.2, 0.25) is 0 Å². The van der Waals surface area contributed by atoms with Crippen LogP contribution in [0, 0.1) is 0 Å². The van der Waals surface area contributed by atoms with Crippen molar-refractivity contribution < 1.29 is 9.53 Å². The van der Waals surface area contributed by atoms with E-state index in [1.54, 1.807) is 0 Å². The van der Waals surface area contributed by atoms with Gasteiger partial charge >= 0.3 is 0 Å². The van der Waals surface area contributed by atoms with E-state index in [9.17, 15) is 4.79 Å². The van der Waals surface area contributed by atoms with Crippen molar-refractivity contribution in [2.75, 3.05) is 18.5 Å². The molecular weight excluding hydrogens is 228 g/mol. The maximum Gasteiger partial charge on any atom is 0.244 e. The van der Waals surface area contributed by atoms with Gasteiger partial charge in [-0.25, -0.2) is 0 Å². The molecule has 0 fully saturated rings. The van der Waals surface area contributed by atoms with Crippen molar-refractivity contribution in [2.24, 2.45) is 0 Å². The minimum atomic E-state index is -0.587.